The average Bonchev–Trinajstić information content (AvgIpc) is 3.09. The molecule has 0 bridgehead atoms. The van der Waals surface area contributed by atoms with Crippen LogP contribution in [0.5, 0.6) is 5.75 Å². The van der Waals surface area contributed by atoms with Gasteiger partial charge in [-0.05, 0) is 69.0 Å². The number of aliphatic carboxylic acids is 2. The van der Waals surface area contributed by atoms with Gasteiger partial charge in [0.05, 0.1) is 17.0 Å². The standard InChI is InChI=1S/C30H39FN4O5.2C2HF3O2/c1-20(35-18-23(33)7-4-5-15-32)30(38)34-16-6-2-3-8-28(36)40-24-13-14-25-27(17-24)39-19-26(29(25)37)21-9-11-22(31)12-10-21;2*3-2(4,5)1(6)7/h9-14,17,19-20,23,35H,2-8,15-16,18,32-33H2,1H3,(H,34,38);2*(H,6,7)/t20-,23-;;/m1../s1. The summed E-state index contributed by atoms with van der Waals surface area (Å²) in [5.74, 6) is -6.10. The lowest BCUT2D eigenvalue weighted by molar-refractivity contribution is -0.193. The molecule has 1 aromatic heterocycles. The van der Waals surface area contributed by atoms with Gasteiger partial charge in [-0.2, -0.15) is 26.3 Å². The molecule has 8 N–H and O–H groups in total. The van der Waals surface area contributed by atoms with Gasteiger partial charge in [-0.3, -0.25) is 14.4 Å². The Kier molecular flexibility index (Phi) is 19.9. The number of nitrogens with one attached hydrogen (secondary N) is 2. The van der Waals surface area contributed by atoms with E-state index in [1.165, 1.54) is 36.6 Å². The Morgan fingerprint density at radius 1 is 0.889 bits per heavy atom. The number of carbonyl (C=O) groups excluding carboxylic acids is 2. The van der Waals surface area contributed by atoms with Gasteiger partial charge in [-0.15, -0.1) is 0 Å². The maximum absolute atomic E-state index is 13.2. The van der Waals surface area contributed by atoms with Crippen LogP contribution >= 0.6 is 0 Å². The first-order valence-electron chi connectivity index (χ1n) is 16.3. The third kappa shape index (κ3) is 18.1. The monoisotopic (exact) mass is 782 g/mol. The van der Waals surface area contributed by atoms with E-state index in [0.29, 0.717) is 42.6 Å². The van der Waals surface area contributed by atoms with Crippen molar-refractivity contribution in [3.63, 3.8) is 0 Å². The van der Waals surface area contributed by atoms with E-state index in [1.54, 1.807) is 19.1 Å². The smallest absolute Gasteiger partial charge is 0.475 e. The summed E-state index contributed by atoms with van der Waals surface area (Å²) in [4.78, 5) is 55.2. The Morgan fingerprint density at radius 2 is 1.48 bits per heavy atom. The summed E-state index contributed by atoms with van der Waals surface area (Å²) in [6, 6.07) is 9.84. The van der Waals surface area contributed by atoms with E-state index in [0.717, 1.165) is 32.1 Å². The molecule has 0 aliphatic heterocycles. The third-order valence-electron chi connectivity index (χ3n) is 7.08. The molecule has 300 valence electrons. The van der Waals surface area contributed by atoms with Crippen molar-refractivity contribution in [3.8, 4) is 16.9 Å². The number of carbonyl (C=O) groups is 4. The number of amides is 1. The molecular weight excluding hydrogens is 741 g/mol. The first-order chi connectivity index (χ1) is 25.2. The topological polar surface area (TPSA) is 224 Å². The number of rotatable bonds is 16. The number of nitrogens with two attached hydrogens (primary N) is 2. The summed E-state index contributed by atoms with van der Waals surface area (Å²) in [7, 11) is 0. The summed E-state index contributed by atoms with van der Waals surface area (Å²) in [5, 5.41) is 20.6. The van der Waals surface area contributed by atoms with E-state index in [2.05, 4.69) is 10.6 Å². The fourth-order valence-electron chi connectivity index (χ4n) is 4.19. The van der Waals surface area contributed by atoms with Crippen LogP contribution in [0.4, 0.5) is 30.7 Å². The number of carboxylic acids is 2. The number of benzene rings is 2. The van der Waals surface area contributed by atoms with E-state index < -0.39 is 36.1 Å². The van der Waals surface area contributed by atoms with Crippen LogP contribution in [0.1, 0.15) is 51.9 Å². The van der Waals surface area contributed by atoms with Crippen molar-refractivity contribution in [3.05, 3.63) is 64.8 Å². The molecule has 0 fully saturated rings. The quantitative estimate of drug-likeness (QED) is 0.0495. The van der Waals surface area contributed by atoms with Crippen LogP contribution in [0.25, 0.3) is 22.1 Å². The SMILES string of the molecule is C[C@@H](NC[C@H](N)CCCCN)C(=O)NCCCCCC(=O)Oc1ccc2c(=O)c(-c3ccc(F)cc3)coc2c1.O=C(O)C(F)(F)F.O=C(O)C(F)(F)F. The van der Waals surface area contributed by atoms with Crippen molar-refractivity contribution < 1.29 is 69.3 Å². The maximum atomic E-state index is 13.2. The molecule has 0 saturated carbocycles. The van der Waals surface area contributed by atoms with E-state index >= 15 is 0 Å². The number of esters is 1. The molecule has 20 heteroatoms. The molecule has 1 heterocycles. The van der Waals surface area contributed by atoms with Crippen LogP contribution in [0.3, 0.4) is 0 Å². The molecule has 0 radical (unpaired) electrons. The van der Waals surface area contributed by atoms with Crippen LogP contribution in [-0.2, 0) is 19.2 Å². The number of halogens is 7. The summed E-state index contributed by atoms with van der Waals surface area (Å²) in [6.45, 7) is 3.56. The van der Waals surface area contributed by atoms with Crippen LogP contribution in [0.2, 0.25) is 0 Å². The highest BCUT2D eigenvalue weighted by molar-refractivity contribution is 5.84. The van der Waals surface area contributed by atoms with E-state index in [-0.39, 0.29) is 41.2 Å². The molecule has 54 heavy (non-hydrogen) atoms. The number of ether oxygens (including phenoxy) is 1. The molecule has 0 spiro atoms. The first-order valence-corrected chi connectivity index (χ1v) is 16.3. The average molecular weight is 783 g/mol. The summed E-state index contributed by atoms with van der Waals surface area (Å²) in [6.07, 6.45) is -3.72. The Labute approximate surface area is 303 Å². The lowest BCUT2D eigenvalue weighted by atomic mass is 10.1. The fourth-order valence-corrected chi connectivity index (χ4v) is 4.19. The summed E-state index contributed by atoms with van der Waals surface area (Å²) < 4.78 is 87.7. The van der Waals surface area contributed by atoms with Crippen molar-refractivity contribution in [2.45, 2.75) is 76.3 Å². The molecular formula is C34H41F7N4O9. The molecule has 0 aliphatic rings. The number of unbranched alkanes of at least 4 members (excludes halogenated alkanes) is 3. The zero-order valence-corrected chi connectivity index (χ0v) is 28.9. The van der Waals surface area contributed by atoms with Gasteiger partial charge >= 0.3 is 30.3 Å². The van der Waals surface area contributed by atoms with Gasteiger partial charge in [-0.1, -0.05) is 25.0 Å². The Bertz CT molecular complexity index is 1690. The normalized spacial score (nSPS) is 12.3. The number of fused-ring (bicyclic) bond motifs is 1. The van der Waals surface area contributed by atoms with E-state index in [1.807, 2.05) is 0 Å². The highest BCUT2D eigenvalue weighted by atomic mass is 19.4. The number of alkyl halides is 6. The highest BCUT2D eigenvalue weighted by Gasteiger charge is 2.38. The van der Waals surface area contributed by atoms with Crippen LogP contribution in [0.15, 0.2) is 57.9 Å². The second-order valence-electron chi connectivity index (χ2n) is 11.5. The second kappa shape index (κ2) is 22.9. The van der Waals surface area contributed by atoms with Gasteiger partial charge in [0.25, 0.3) is 0 Å². The zero-order chi connectivity index (χ0) is 41.1. The minimum atomic E-state index is -5.08. The van der Waals surface area contributed by atoms with Crippen molar-refractivity contribution in [1.82, 2.24) is 10.6 Å². The van der Waals surface area contributed by atoms with Crippen LogP contribution in [-0.4, -0.2) is 78.1 Å². The highest BCUT2D eigenvalue weighted by Crippen LogP contribution is 2.24. The number of hydrogen-bond acceptors (Lipinski definition) is 10. The first kappa shape index (κ1) is 46.9. The second-order valence-corrected chi connectivity index (χ2v) is 11.5. The number of carboxylic acid groups (broad SMARTS) is 2. The predicted molar refractivity (Wildman–Crippen MR) is 181 cm³/mol. The maximum Gasteiger partial charge on any atom is 0.490 e. The minimum Gasteiger partial charge on any atom is -0.475 e. The van der Waals surface area contributed by atoms with E-state index in [9.17, 15) is 45.1 Å². The molecule has 1 amide bonds. The van der Waals surface area contributed by atoms with Crippen molar-refractivity contribution >= 4 is 34.8 Å². The Hall–Kier alpha value is -5.08. The summed E-state index contributed by atoms with van der Waals surface area (Å²) >= 11 is 0. The largest absolute Gasteiger partial charge is 0.490 e. The molecule has 0 saturated heterocycles. The molecule has 0 unspecified atom stereocenters. The molecule has 3 aromatic rings. The predicted octanol–water partition coefficient (Wildman–Crippen LogP) is 4.88. The van der Waals surface area contributed by atoms with Gasteiger partial charge in [0.1, 0.15) is 23.4 Å². The molecule has 0 aliphatic carbocycles. The van der Waals surface area contributed by atoms with Crippen LogP contribution < -0.4 is 32.3 Å². The minimum absolute atomic E-state index is 0.00427. The molecule has 2 atom stereocenters. The van der Waals surface area contributed by atoms with Gasteiger partial charge in [0, 0.05) is 31.6 Å². The van der Waals surface area contributed by atoms with Gasteiger partial charge in [0.15, 0.2) is 5.43 Å². The van der Waals surface area contributed by atoms with E-state index in [4.69, 9.17) is 40.4 Å². The Balaban J connectivity index is 0.000000879. The zero-order valence-electron chi connectivity index (χ0n) is 28.9. The summed E-state index contributed by atoms with van der Waals surface area (Å²) in [5.41, 5.74) is 12.4. The van der Waals surface area contributed by atoms with Crippen molar-refractivity contribution in [2.75, 3.05) is 19.6 Å². The fraction of sp³-hybridized carbons (Fsp3) is 0.441. The lowest BCUT2D eigenvalue weighted by Gasteiger charge is -2.17. The van der Waals surface area contributed by atoms with Gasteiger partial charge in [0.2, 0.25) is 5.91 Å². The third-order valence-corrected chi connectivity index (χ3v) is 7.08. The Morgan fingerprint density at radius 3 is 2.04 bits per heavy atom. The lowest BCUT2D eigenvalue weighted by Crippen LogP contribution is -2.46. The van der Waals surface area contributed by atoms with Crippen LogP contribution in [0, 0.1) is 5.82 Å². The van der Waals surface area contributed by atoms with Crippen molar-refractivity contribution in [2.24, 2.45) is 11.5 Å². The molecule has 2 aromatic carbocycles. The van der Waals surface area contributed by atoms with Gasteiger partial charge < -0.3 is 41.5 Å². The molecule has 13 nitrogen and oxygen atoms in total. The molecule has 3 rings (SSSR count). The number of hydrogen-bond donors (Lipinski definition) is 6. The van der Waals surface area contributed by atoms with Crippen molar-refractivity contribution in [1.29, 1.82) is 0 Å². The van der Waals surface area contributed by atoms with Gasteiger partial charge in [-0.25, -0.2) is 14.0 Å².